The molecule has 0 radical (unpaired) electrons. The SMILES string of the molecule is Cc1nsc(C)c1C(=O)N1CC(=O)N(C)CC1C(=O)O. The number of aromatic nitrogens is 1. The zero-order valence-corrected chi connectivity index (χ0v) is 12.2. The Kier molecular flexibility index (Phi) is 3.76. The average molecular weight is 297 g/mol. The monoisotopic (exact) mass is 297 g/mol. The highest BCUT2D eigenvalue weighted by Gasteiger charge is 2.39. The molecule has 1 unspecified atom stereocenters. The molecular formula is C12H15N3O4S. The molecule has 0 aliphatic carbocycles. The van der Waals surface area contributed by atoms with Gasteiger partial charge in [-0.3, -0.25) is 9.59 Å². The maximum atomic E-state index is 12.5. The molecule has 0 saturated carbocycles. The lowest BCUT2D eigenvalue weighted by atomic mass is 10.1. The van der Waals surface area contributed by atoms with E-state index in [2.05, 4.69) is 4.37 Å². The third-order valence-electron chi connectivity index (χ3n) is 3.35. The summed E-state index contributed by atoms with van der Waals surface area (Å²) in [6.07, 6.45) is 0. The van der Waals surface area contributed by atoms with Crippen LogP contribution in [0.4, 0.5) is 0 Å². The summed E-state index contributed by atoms with van der Waals surface area (Å²) in [6.45, 7) is 3.23. The van der Waals surface area contributed by atoms with Crippen LogP contribution in [0.15, 0.2) is 0 Å². The molecule has 2 amide bonds. The minimum Gasteiger partial charge on any atom is -0.480 e. The smallest absolute Gasteiger partial charge is 0.328 e. The highest BCUT2D eigenvalue weighted by molar-refractivity contribution is 7.06. The summed E-state index contributed by atoms with van der Waals surface area (Å²) < 4.78 is 4.09. The van der Waals surface area contributed by atoms with Gasteiger partial charge in [-0.2, -0.15) is 4.37 Å². The Bertz CT molecular complexity index is 564. The number of piperazine rings is 1. The average Bonchev–Trinajstić information content (AvgIpc) is 2.71. The van der Waals surface area contributed by atoms with Gasteiger partial charge in [-0.25, -0.2) is 4.79 Å². The number of hydrogen-bond donors (Lipinski definition) is 1. The Morgan fingerprint density at radius 1 is 1.40 bits per heavy atom. The van der Waals surface area contributed by atoms with Gasteiger partial charge in [0.25, 0.3) is 5.91 Å². The lowest BCUT2D eigenvalue weighted by Crippen LogP contribution is -2.59. The zero-order valence-electron chi connectivity index (χ0n) is 11.4. The standard InChI is InChI=1S/C12H15N3O4S/c1-6-10(7(2)20-13-6)11(17)15-5-9(16)14(3)4-8(15)12(18)19/h8H,4-5H2,1-3H3,(H,18,19). The maximum absolute atomic E-state index is 12.5. The van der Waals surface area contributed by atoms with Crippen molar-refractivity contribution in [3.8, 4) is 0 Å². The van der Waals surface area contributed by atoms with Gasteiger partial charge < -0.3 is 14.9 Å². The van der Waals surface area contributed by atoms with E-state index in [0.717, 1.165) is 9.78 Å². The molecule has 7 nitrogen and oxygen atoms in total. The van der Waals surface area contributed by atoms with E-state index >= 15 is 0 Å². The number of rotatable bonds is 2. The third kappa shape index (κ3) is 2.38. The number of carbonyl (C=O) groups is 3. The number of aliphatic carboxylic acids is 1. The second-order valence-electron chi connectivity index (χ2n) is 4.76. The molecule has 20 heavy (non-hydrogen) atoms. The predicted molar refractivity (Wildman–Crippen MR) is 71.7 cm³/mol. The Balaban J connectivity index is 2.36. The van der Waals surface area contributed by atoms with Gasteiger partial charge in [0.15, 0.2) is 0 Å². The highest BCUT2D eigenvalue weighted by atomic mass is 32.1. The van der Waals surface area contributed by atoms with Gasteiger partial charge in [0.05, 0.1) is 17.8 Å². The van der Waals surface area contributed by atoms with Crippen LogP contribution in [0.3, 0.4) is 0 Å². The lowest BCUT2D eigenvalue weighted by molar-refractivity contribution is -0.149. The van der Waals surface area contributed by atoms with Gasteiger partial charge in [-0.1, -0.05) is 0 Å². The number of nitrogens with zero attached hydrogens (tertiary/aromatic N) is 3. The Morgan fingerprint density at radius 2 is 2.05 bits per heavy atom. The van der Waals surface area contributed by atoms with Crippen LogP contribution in [0.2, 0.25) is 0 Å². The minimum atomic E-state index is -1.11. The first-order valence-corrected chi connectivity index (χ1v) is 6.81. The normalized spacial score (nSPS) is 19.4. The summed E-state index contributed by atoms with van der Waals surface area (Å²) in [5.41, 5.74) is 0.964. The predicted octanol–water partition coefficient (Wildman–Crippen LogP) is 0.127. The van der Waals surface area contributed by atoms with Gasteiger partial charge in [0.1, 0.15) is 12.6 Å². The van der Waals surface area contributed by atoms with E-state index in [1.807, 2.05) is 0 Å². The van der Waals surface area contributed by atoms with Gasteiger partial charge in [0, 0.05) is 11.9 Å². The second kappa shape index (κ2) is 5.20. The van der Waals surface area contributed by atoms with Crippen molar-refractivity contribution >= 4 is 29.3 Å². The van der Waals surface area contributed by atoms with Crippen LogP contribution >= 0.6 is 11.5 Å². The van der Waals surface area contributed by atoms with Gasteiger partial charge in [0.2, 0.25) is 5.91 Å². The molecule has 1 N–H and O–H groups in total. The molecule has 0 aromatic carbocycles. The van der Waals surface area contributed by atoms with Crippen molar-refractivity contribution in [2.75, 3.05) is 20.1 Å². The Labute approximate surface area is 120 Å². The highest BCUT2D eigenvalue weighted by Crippen LogP contribution is 2.22. The van der Waals surface area contributed by atoms with Crippen molar-refractivity contribution in [1.29, 1.82) is 0 Å². The topological polar surface area (TPSA) is 90.8 Å². The summed E-state index contributed by atoms with van der Waals surface area (Å²) in [6, 6.07) is -1.02. The summed E-state index contributed by atoms with van der Waals surface area (Å²) in [5.74, 6) is -1.83. The number of carboxylic acids is 1. The number of amides is 2. The van der Waals surface area contributed by atoms with Crippen LogP contribution in [0, 0.1) is 13.8 Å². The number of hydrogen-bond acceptors (Lipinski definition) is 5. The van der Waals surface area contributed by atoms with Crippen molar-refractivity contribution in [2.45, 2.75) is 19.9 Å². The van der Waals surface area contributed by atoms with E-state index in [0.29, 0.717) is 11.3 Å². The van der Waals surface area contributed by atoms with Crippen LogP contribution in [-0.2, 0) is 9.59 Å². The fourth-order valence-electron chi connectivity index (χ4n) is 2.19. The molecule has 1 saturated heterocycles. The van der Waals surface area contributed by atoms with E-state index in [9.17, 15) is 19.5 Å². The van der Waals surface area contributed by atoms with Crippen LogP contribution in [0.5, 0.6) is 0 Å². The van der Waals surface area contributed by atoms with Crippen molar-refractivity contribution in [3.63, 3.8) is 0 Å². The van der Waals surface area contributed by atoms with Gasteiger partial charge in [-0.05, 0) is 25.4 Å². The Morgan fingerprint density at radius 3 is 2.55 bits per heavy atom. The molecule has 2 rings (SSSR count). The van der Waals surface area contributed by atoms with E-state index in [-0.39, 0.29) is 19.0 Å². The first kappa shape index (κ1) is 14.4. The van der Waals surface area contributed by atoms with Gasteiger partial charge >= 0.3 is 5.97 Å². The molecule has 0 spiro atoms. The van der Waals surface area contributed by atoms with Gasteiger partial charge in [-0.15, -0.1) is 0 Å². The van der Waals surface area contributed by atoms with E-state index in [1.54, 1.807) is 13.8 Å². The van der Waals surface area contributed by atoms with Crippen LogP contribution in [-0.4, -0.2) is 63.2 Å². The quantitative estimate of drug-likeness (QED) is 0.837. The summed E-state index contributed by atoms with van der Waals surface area (Å²) >= 11 is 1.19. The lowest BCUT2D eigenvalue weighted by Gasteiger charge is -2.37. The Hall–Kier alpha value is -1.96. The number of carbonyl (C=O) groups excluding carboxylic acids is 2. The van der Waals surface area contributed by atoms with Crippen molar-refractivity contribution in [3.05, 3.63) is 16.1 Å². The van der Waals surface area contributed by atoms with Crippen LogP contribution < -0.4 is 0 Å². The summed E-state index contributed by atoms with van der Waals surface area (Å²) in [4.78, 5) is 38.8. The number of aryl methyl sites for hydroxylation is 2. The first-order chi connectivity index (χ1) is 9.32. The number of likely N-dealkylation sites (N-methyl/N-ethyl adjacent to an activating group) is 1. The van der Waals surface area contributed by atoms with Crippen molar-refractivity contribution in [1.82, 2.24) is 14.2 Å². The molecule has 2 heterocycles. The van der Waals surface area contributed by atoms with E-state index in [4.69, 9.17) is 0 Å². The summed E-state index contributed by atoms with van der Waals surface area (Å²) in [7, 11) is 1.53. The maximum Gasteiger partial charge on any atom is 0.328 e. The van der Waals surface area contributed by atoms with E-state index in [1.165, 1.54) is 23.5 Å². The van der Waals surface area contributed by atoms with Crippen molar-refractivity contribution in [2.24, 2.45) is 0 Å². The zero-order chi connectivity index (χ0) is 15.0. The molecule has 0 bridgehead atoms. The molecule has 108 valence electrons. The molecule has 1 atom stereocenters. The largest absolute Gasteiger partial charge is 0.480 e. The molecule has 1 aliphatic heterocycles. The molecule has 1 aromatic rings. The third-order valence-corrected chi connectivity index (χ3v) is 4.19. The molecule has 1 aromatic heterocycles. The molecule has 1 fully saturated rings. The van der Waals surface area contributed by atoms with Crippen molar-refractivity contribution < 1.29 is 19.5 Å². The van der Waals surface area contributed by atoms with Crippen LogP contribution in [0.25, 0.3) is 0 Å². The second-order valence-corrected chi connectivity index (χ2v) is 5.74. The van der Waals surface area contributed by atoms with E-state index < -0.39 is 17.9 Å². The first-order valence-electron chi connectivity index (χ1n) is 6.03. The summed E-state index contributed by atoms with van der Waals surface area (Å²) in [5, 5.41) is 9.25. The molecule has 8 heteroatoms. The number of carboxylic acid groups (broad SMARTS) is 1. The molecular weight excluding hydrogens is 282 g/mol. The molecule has 1 aliphatic rings. The van der Waals surface area contributed by atoms with Crippen LogP contribution in [0.1, 0.15) is 20.9 Å². The minimum absolute atomic E-state index is 0.00440. The fraction of sp³-hybridized carbons (Fsp3) is 0.500. The fourth-order valence-corrected chi connectivity index (χ4v) is 2.88.